The molecule has 0 radical (unpaired) electrons. The van der Waals surface area contributed by atoms with E-state index >= 15 is 0 Å². The fraction of sp³-hybridized carbons (Fsp3) is 0.417. The van der Waals surface area contributed by atoms with Crippen LogP contribution in [-0.2, 0) is 10.0 Å². The van der Waals surface area contributed by atoms with Gasteiger partial charge in [-0.05, 0) is 31.5 Å². The van der Waals surface area contributed by atoms with Crippen LogP contribution in [0.5, 0.6) is 0 Å². The van der Waals surface area contributed by atoms with E-state index in [4.69, 9.17) is 5.73 Å². The van der Waals surface area contributed by atoms with Crippen LogP contribution in [0.25, 0.3) is 0 Å². The van der Waals surface area contributed by atoms with E-state index in [9.17, 15) is 17.6 Å². The average molecular weight is 303 g/mol. The smallest absolute Gasteiger partial charge is 0.253 e. The second-order valence-corrected chi connectivity index (χ2v) is 6.33. The van der Waals surface area contributed by atoms with Crippen molar-refractivity contribution in [3.8, 4) is 0 Å². The number of hydrogen-bond acceptors (Lipinski definition) is 4. The molecule has 4 N–H and O–H groups in total. The molecule has 0 aromatic heterocycles. The summed E-state index contributed by atoms with van der Waals surface area (Å²) in [5.41, 5.74) is 5.52. The molecule has 0 bridgehead atoms. The summed E-state index contributed by atoms with van der Waals surface area (Å²) < 4.78 is 37.8. The molecule has 0 aliphatic heterocycles. The summed E-state index contributed by atoms with van der Waals surface area (Å²) in [5.74, 6) is -1.18. The Morgan fingerprint density at radius 1 is 1.45 bits per heavy atom. The molecule has 0 fully saturated rings. The van der Waals surface area contributed by atoms with Crippen LogP contribution < -0.4 is 15.8 Å². The maximum atomic E-state index is 13.2. The quantitative estimate of drug-likeness (QED) is 0.718. The standard InChI is InChI=1S/C12H18FN3O3S/c1-8(14)5-6-15-12(17)10-7-9(13)3-4-11(10)16-20(2,18)19/h3-4,7-8,16H,5-6,14H2,1-2H3,(H,15,17). The maximum Gasteiger partial charge on any atom is 0.253 e. The fourth-order valence-corrected chi connectivity index (χ4v) is 2.08. The average Bonchev–Trinajstić information content (AvgIpc) is 2.29. The Hall–Kier alpha value is -1.67. The summed E-state index contributed by atoms with van der Waals surface area (Å²) in [6.07, 6.45) is 1.52. The van der Waals surface area contributed by atoms with Gasteiger partial charge < -0.3 is 11.1 Å². The number of carbonyl (C=O) groups excluding carboxylic acids is 1. The van der Waals surface area contributed by atoms with Gasteiger partial charge in [0.1, 0.15) is 5.82 Å². The van der Waals surface area contributed by atoms with Crippen LogP contribution in [0, 0.1) is 5.82 Å². The third-order valence-electron chi connectivity index (χ3n) is 2.41. The number of anilines is 1. The van der Waals surface area contributed by atoms with Crippen LogP contribution >= 0.6 is 0 Å². The van der Waals surface area contributed by atoms with E-state index < -0.39 is 21.7 Å². The summed E-state index contributed by atoms with van der Waals surface area (Å²) in [4.78, 5) is 11.9. The summed E-state index contributed by atoms with van der Waals surface area (Å²) in [6, 6.07) is 3.19. The van der Waals surface area contributed by atoms with Gasteiger partial charge in [-0.25, -0.2) is 12.8 Å². The Labute approximate surface area is 117 Å². The lowest BCUT2D eigenvalue weighted by atomic mass is 10.1. The highest BCUT2D eigenvalue weighted by Crippen LogP contribution is 2.18. The van der Waals surface area contributed by atoms with E-state index in [-0.39, 0.29) is 17.3 Å². The minimum Gasteiger partial charge on any atom is -0.352 e. The highest BCUT2D eigenvalue weighted by atomic mass is 32.2. The van der Waals surface area contributed by atoms with Crippen LogP contribution in [0.3, 0.4) is 0 Å². The summed E-state index contributed by atoms with van der Waals surface area (Å²) in [6.45, 7) is 2.12. The van der Waals surface area contributed by atoms with E-state index in [0.29, 0.717) is 13.0 Å². The minimum atomic E-state index is -3.55. The van der Waals surface area contributed by atoms with Gasteiger partial charge in [-0.3, -0.25) is 9.52 Å². The van der Waals surface area contributed by atoms with E-state index in [1.165, 1.54) is 6.07 Å². The second-order valence-electron chi connectivity index (χ2n) is 4.59. The van der Waals surface area contributed by atoms with Crippen molar-refractivity contribution in [2.24, 2.45) is 5.73 Å². The van der Waals surface area contributed by atoms with Gasteiger partial charge in [-0.2, -0.15) is 0 Å². The van der Waals surface area contributed by atoms with E-state index in [2.05, 4.69) is 10.0 Å². The molecule has 0 aliphatic carbocycles. The number of nitrogens with two attached hydrogens (primary N) is 1. The first-order valence-electron chi connectivity index (χ1n) is 6.00. The van der Waals surface area contributed by atoms with Crippen molar-refractivity contribution in [1.82, 2.24) is 5.32 Å². The van der Waals surface area contributed by atoms with Gasteiger partial charge in [0.2, 0.25) is 10.0 Å². The number of benzene rings is 1. The van der Waals surface area contributed by atoms with Gasteiger partial charge in [-0.1, -0.05) is 0 Å². The molecule has 6 nitrogen and oxygen atoms in total. The lowest BCUT2D eigenvalue weighted by Gasteiger charge is -2.12. The third kappa shape index (κ3) is 5.54. The first kappa shape index (κ1) is 16.4. The molecular formula is C12H18FN3O3S. The van der Waals surface area contributed by atoms with Crippen LogP contribution in [0.15, 0.2) is 18.2 Å². The molecule has 8 heteroatoms. The van der Waals surface area contributed by atoms with Crippen LogP contribution in [0.1, 0.15) is 23.7 Å². The number of amides is 1. The molecule has 0 saturated carbocycles. The fourth-order valence-electron chi connectivity index (χ4n) is 1.50. The number of hydrogen-bond donors (Lipinski definition) is 3. The predicted molar refractivity (Wildman–Crippen MR) is 75.5 cm³/mol. The van der Waals surface area contributed by atoms with E-state index in [1.54, 1.807) is 6.92 Å². The largest absolute Gasteiger partial charge is 0.352 e. The number of nitrogens with one attached hydrogen (secondary N) is 2. The van der Waals surface area contributed by atoms with Gasteiger partial charge in [-0.15, -0.1) is 0 Å². The Balaban J connectivity index is 2.91. The van der Waals surface area contributed by atoms with Crippen molar-refractivity contribution in [2.45, 2.75) is 19.4 Å². The number of carbonyl (C=O) groups is 1. The zero-order valence-electron chi connectivity index (χ0n) is 11.3. The zero-order valence-corrected chi connectivity index (χ0v) is 12.1. The number of sulfonamides is 1. The summed E-state index contributed by atoms with van der Waals surface area (Å²) in [7, 11) is -3.55. The van der Waals surface area contributed by atoms with Crippen molar-refractivity contribution in [2.75, 3.05) is 17.5 Å². The van der Waals surface area contributed by atoms with Crippen LogP contribution in [0.4, 0.5) is 10.1 Å². The minimum absolute atomic E-state index is 0.0344. The Kier molecular flexibility index (Phi) is 5.46. The van der Waals surface area contributed by atoms with Gasteiger partial charge in [0.05, 0.1) is 17.5 Å². The molecule has 1 unspecified atom stereocenters. The van der Waals surface area contributed by atoms with Crippen molar-refractivity contribution < 1.29 is 17.6 Å². The SMILES string of the molecule is CC(N)CCNC(=O)c1cc(F)ccc1NS(C)(=O)=O. The molecule has 20 heavy (non-hydrogen) atoms. The molecule has 1 amide bonds. The van der Waals surface area contributed by atoms with Crippen molar-refractivity contribution in [3.05, 3.63) is 29.6 Å². The lowest BCUT2D eigenvalue weighted by Crippen LogP contribution is -2.29. The van der Waals surface area contributed by atoms with Gasteiger partial charge in [0, 0.05) is 12.6 Å². The maximum absolute atomic E-state index is 13.2. The molecule has 0 saturated heterocycles. The highest BCUT2D eigenvalue weighted by molar-refractivity contribution is 7.92. The Morgan fingerprint density at radius 3 is 2.65 bits per heavy atom. The molecule has 1 rings (SSSR count). The number of rotatable bonds is 6. The van der Waals surface area contributed by atoms with Gasteiger partial charge in [0.15, 0.2) is 0 Å². The number of halogens is 1. The lowest BCUT2D eigenvalue weighted by molar-refractivity contribution is 0.0953. The summed E-state index contributed by atoms with van der Waals surface area (Å²) in [5, 5.41) is 2.56. The third-order valence-corrected chi connectivity index (χ3v) is 3.00. The van der Waals surface area contributed by atoms with Crippen LogP contribution in [0.2, 0.25) is 0 Å². The second kappa shape index (κ2) is 6.67. The van der Waals surface area contributed by atoms with Crippen molar-refractivity contribution >= 4 is 21.6 Å². The zero-order chi connectivity index (χ0) is 15.3. The summed E-state index contributed by atoms with van der Waals surface area (Å²) >= 11 is 0. The molecule has 0 spiro atoms. The van der Waals surface area contributed by atoms with Crippen molar-refractivity contribution in [3.63, 3.8) is 0 Å². The first-order valence-corrected chi connectivity index (χ1v) is 7.89. The van der Waals surface area contributed by atoms with Gasteiger partial charge >= 0.3 is 0 Å². The molecule has 1 aromatic carbocycles. The predicted octanol–water partition coefficient (Wildman–Crippen LogP) is 0.664. The van der Waals surface area contributed by atoms with Crippen LogP contribution in [-0.4, -0.2) is 33.2 Å². The highest BCUT2D eigenvalue weighted by Gasteiger charge is 2.15. The van der Waals surface area contributed by atoms with E-state index in [1.807, 2.05) is 0 Å². The normalized spacial score (nSPS) is 12.8. The molecular weight excluding hydrogens is 285 g/mol. The molecule has 112 valence electrons. The molecule has 0 aliphatic rings. The Bertz CT molecular complexity index is 588. The molecule has 1 aromatic rings. The van der Waals surface area contributed by atoms with E-state index in [0.717, 1.165) is 18.4 Å². The first-order chi connectivity index (χ1) is 9.19. The topological polar surface area (TPSA) is 101 Å². The van der Waals surface area contributed by atoms with Gasteiger partial charge in [0.25, 0.3) is 5.91 Å². The Morgan fingerprint density at radius 2 is 2.10 bits per heavy atom. The molecule has 1 atom stereocenters. The molecule has 0 heterocycles. The van der Waals surface area contributed by atoms with Crippen molar-refractivity contribution in [1.29, 1.82) is 0 Å². The monoisotopic (exact) mass is 303 g/mol.